The van der Waals surface area contributed by atoms with Gasteiger partial charge in [-0.25, -0.2) is 12.8 Å². The van der Waals surface area contributed by atoms with Gasteiger partial charge in [-0.05, 0) is 18.2 Å². The summed E-state index contributed by atoms with van der Waals surface area (Å²) in [5, 5.41) is 0. The second-order valence-corrected chi connectivity index (χ2v) is 6.28. The zero-order chi connectivity index (χ0) is 14.2. The summed E-state index contributed by atoms with van der Waals surface area (Å²) in [5.74, 6) is -0.946. The van der Waals surface area contributed by atoms with E-state index in [0.29, 0.717) is 6.54 Å². The van der Waals surface area contributed by atoms with Gasteiger partial charge in [-0.15, -0.1) is 0 Å². The van der Waals surface area contributed by atoms with Crippen molar-refractivity contribution in [1.29, 1.82) is 0 Å². The van der Waals surface area contributed by atoms with Crippen LogP contribution < -0.4 is 5.73 Å². The molecule has 1 aromatic rings. The molecule has 6 nitrogen and oxygen atoms in total. The van der Waals surface area contributed by atoms with Crippen LogP contribution in [0.3, 0.4) is 0 Å². The van der Waals surface area contributed by atoms with Crippen molar-refractivity contribution in [3.05, 3.63) is 24.0 Å². The second-order valence-electron chi connectivity index (χ2n) is 4.34. The predicted octanol–water partition coefficient (Wildman–Crippen LogP) is -0.129. The Morgan fingerprint density at radius 2 is 2.00 bits per heavy atom. The van der Waals surface area contributed by atoms with Gasteiger partial charge in [0, 0.05) is 20.1 Å². The van der Waals surface area contributed by atoms with Gasteiger partial charge in [-0.2, -0.15) is 4.31 Å². The van der Waals surface area contributed by atoms with Gasteiger partial charge < -0.3 is 10.6 Å². The van der Waals surface area contributed by atoms with E-state index in [0.717, 1.165) is 22.5 Å². The Hall–Kier alpha value is -1.67. The van der Waals surface area contributed by atoms with Gasteiger partial charge >= 0.3 is 0 Å². The summed E-state index contributed by atoms with van der Waals surface area (Å²) in [4.78, 5) is 12.9. The van der Waals surface area contributed by atoms with Crippen molar-refractivity contribution < 1.29 is 17.6 Å². The van der Waals surface area contributed by atoms with Crippen LogP contribution in [0.25, 0.3) is 0 Å². The fourth-order valence-corrected chi connectivity index (χ4v) is 3.19. The molecule has 2 N–H and O–H groups in total. The highest BCUT2D eigenvalue weighted by molar-refractivity contribution is 7.89. The number of hydrogen-bond acceptors (Lipinski definition) is 4. The highest BCUT2D eigenvalue weighted by Crippen LogP contribution is 2.21. The summed E-state index contributed by atoms with van der Waals surface area (Å²) >= 11 is 0. The summed E-state index contributed by atoms with van der Waals surface area (Å²) in [5.41, 5.74) is 5.13. The van der Waals surface area contributed by atoms with Gasteiger partial charge in [0.25, 0.3) is 0 Å². The molecule has 19 heavy (non-hydrogen) atoms. The number of likely N-dealkylation sites (N-methyl/N-ethyl adjacent to an activating group) is 1. The molecule has 1 aliphatic rings. The lowest BCUT2D eigenvalue weighted by Gasteiger charge is -2.31. The van der Waals surface area contributed by atoms with Crippen molar-refractivity contribution in [3.8, 4) is 0 Å². The first kappa shape index (κ1) is 13.8. The molecule has 1 aliphatic heterocycles. The number of carbonyl (C=O) groups is 1. The Morgan fingerprint density at radius 1 is 1.32 bits per heavy atom. The molecular weight excluding hydrogens is 273 g/mol. The lowest BCUT2D eigenvalue weighted by atomic mass is 10.3. The number of nitrogens with two attached hydrogens (primary N) is 1. The Labute approximate surface area is 110 Å². The highest BCUT2D eigenvalue weighted by Gasteiger charge is 2.31. The third kappa shape index (κ3) is 2.54. The smallest absolute Gasteiger partial charge is 0.243 e. The maximum Gasteiger partial charge on any atom is 0.243 e. The standard InChI is InChI=1S/C11H14FN3O3S/c1-14-4-5-15(7-11(14)16)19(17,18)8-2-3-9(12)10(13)6-8/h2-3,6H,4-5,7,13H2,1H3. The SMILES string of the molecule is CN1CCN(S(=O)(=O)c2ccc(F)c(N)c2)CC1=O. The number of anilines is 1. The Morgan fingerprint density at radius 3 is 2.58 bits per heavy atom. The molecule has 0 aliphatic carbocycles. The van der Waals surface area contributed by atoms with Crippen LogP contribution in [-0.4, -0.2) is 50.2 Å². The third-order valence-corrected chi connectivity index (χ3v) is 4.87. The maximum atomic E-state index is 13.0. The van der Waals surface area contributed by atoms with Gasteiger partial charge in [-0.3, -0.25) is 4.79 Å². The fraction of sp³-hybridized carbons (Fsp3) is 0.364. The van der Waals surface area contributed by atoms with Crippen LogP contribution in [0, 0.1) is 5.82 Å². The van der Waals surface area contributed by atoms with E-state index in [2.05, 4.69) is 0 Å². The van der Waals surface area contributed by atoms with E-state index in [1.807, 2.05) is 0 Å². The van der Waals surface area contributed by atoms with E-state index in [-0.39, 0.29) is 29.6 Å². The Kier molecular flexibility index (Phi) is 3.46. The average Bonchev–Trinajstić information content (AvgIpc) is 2.35. The highest BCUT2D eigenvalue weighted by atomic mass is 32.2. The Balaban J connectivity index is 2.32. The first-order valence-electron chi connectivity index (χ1n) is 5.61. The van der Waals surface area contributed by atoms with E-state index >= 15 is 0 Å². The number of nitrogens with zero attached hydrogens (tertiary/aromatic N) is 2. The number of rotatable bonds is 2. The van der Waals surface area contributed by atoms with E-state index in [9.17, 15) is 17.6 Å². The van der Waals surface area contributed by atoms with Crippen LogP contribution in [0.1, 0.15) is 0 Å². The number of hydrogen-bond donors (Lipinski definition) is 1. The number of carbonyl (C=O) groups excluding carboxylic acids is 1. The molecule has 1 amide bonds. The van der Waals surface area contributed by atoms with Crippen molar-refractivity contribution in [3.63, 3.8) is 0 Å². The number of nitrogen functional groups attached to an aromatic ring is 1. The average molecular weight is 287 g/mol. The fourth-order valence-electron chi connectivity index (χ4n) is 1.77. The van der Waals surface area contributed by atoms with Gasteiger partial charge in [-0.1, -0.05) is 0 Å². The normalized spacial score (nSPS) is 17.8. The van der Waals surface area contributed by atoms with E-state index in [1.54, 1.807) is 7.05 Å². The van der Waals surface area contributed by atoms with Gasteiger partial charge in [0.15, 0.2) is 0 Å². The van der Waals surface area contributed by atoms with Gasteiger partial charge in [0.2, 0.25) is 15.9 Å². The van der Waals surface area contributed by atoms with Crippen LogP contribution >= 0.6 is 0 Å². The molecule has 1 fully saturated rings. The van der Waals surface area contributed by atoms with Crippen LogP contribution in [0.4, 0.5) is 10.1 Å². The molecule has 0 radical (unpaired) electrons. The molecule has 104 valence electrons. The molecule has 0 aromatic heterocycles. The third-order valence-electron chi connectivity index (χ3n) is 3.03. The number of amides is 1. The van der Waals surface area contributed by atoms with Crippen molar-refractivity contribution in [2.75, 3.05) is 32.4 Å². The van der Waals surface area contributed by atoms with Gasteiger partial charge in [0.05, 0.1) is 17.1 Å². The lowest BCUT2D eigenvalue weighted by molar-refractivity contribution is -0.132. The summed E-state index contributed by atoms with van der Waals surface area (Å²) < 4.78 is 38.7. The second kappa shape index (κ2) is 4.78. The number of piperazine rings is 1. The van der Waals surface area contributed by atoms with Crippen molar-refractivity contribution >= 4 is 21.6 Å². The Bertz CT molecular complexity index is 618. The molecule has 2 rings (SSSR count). The summed E-state index contributed by atoms with van der Waals surface area (Å²) in [6.45, 7) is 0.326. The number of benzene rings is 1. The van der Waals surface area contributed by atoms with Crippen molar-refractivity contribution in [2.45, 2.75) is 4.90 Å². The quantitative estimate of drug-likeness (QED) is 0.768. The van der Waals surface area contributed by atoms with Crippen molar-refractivity contribution in [1.82, 2.24) is 9.21 Å². The monoisotopic (exact) mass is 287 g/mol. The molecule has 8 heteroatoms. The summed E-state index contributed by atoms with van der Waals surface area (Å²) in [6, 6.07) is 3.21. The zero-order valence-corrected chi connectivity index (χ0v) is 11.2. The minimum atomic E-state index is -3.82. The van der Waals surface area contributed by atoms with Crippen molar-refractivity contribution in [2.24, 2.45) is 0 Å². The first-order chi connectivity index (χ1) is 8.82. The molecule has 0 unspecified atom stereocenters. The largest absolute Gasteiger partial charge is 0.396 e. The molecule has 0 spiro atoms. The zero-order valence-electron chi connectivity index (χ0n) is 10.3. The van der Waals surface area contributed by atoms with Gasteiger partial charge in [0.1, 0.15) is 5.82 Å². The molecule has 1 heterocycles. The molecule has 0 atom stereocenters. The van der Waals surface area contributed by atoms with E-state index in [1.165, 1.54) is 4.90 Å². The predicted molar refractivity (Wildman–Crippen MR) is 67.2 cm³/mol. The summed E-state index contributed by atoms with van der Waals surface area (Å²) in [7, 11) is -2.21. The topological polar surface area (TPSA) is 83.7 Å². The minimum absolute atomic E-state index is 0.108. The van der Waals surface area contributed by atoms with Crippen LogP contribution in [0.5, 0.6) is 0 Å². The molecular formula is C11H14FN3O3S. The lowest BCUT2D eigenvalue weighted by Crippen LogP contribution is -2.50. The maximum absolute atomic E-state index is 13.0. The number of sulfonamides is 1. The molecule has 0 saturated carbocycles. The molecule has 1 aromatic carbocycles. The van der Waals surface area contributed by atoms with E-state index < -0.39 is 15.8 Å². The number of halogens is 1. The first-order valence-corrected chi connectivity index (χ1v) is 7.05. The molecule has 1 saturated heterocycles. The van der Waals surface area contributed by atoms with E-state index in [4.69, 9.17) is 5.73 Å². The van der Waals surface area contributed by atoms with Crippen LogP contribution in [-0.2, 0) is 14.8 Å². The molecule has 0 bridgehead atoms. The van der Waals surface area contributed by atoms with Crippen LogP contribution in [0.2, 0.25) is 0 Å². The summed E-state index contributed by atoms with van der Waals surface area (Å²) in [6.07, 6.45) is 0. The minimum Gasteiger partial charge on any atom is -0.396 e. The van der Waals surface area contributed by atoms with Crippen LogP contribution in [0.15, 0.2) is 23.1 Å².